The summed E-state index contributed by atoms with van der Waals surface area (Å²) < 4.78 is 18.1. The number of allylic oxidation sites excluding steroid dienone is 6. The van der Waals surface area contributed by atoms with Gasteiger partial charge in [0, 0.05) is 57.5 Å². The molecule has 7 aromatic carbocycles. The third kappa shape index (κ3) is 8.74. The van der Waals surface area contributed by atoms with Crippen LogP contribution in [0, 0.1) is 0 Å². The molecule has 5 heteroatoms. The van der Waals surface area contributed by atoms with Crippen molar-refractivity contribution in [3.8, 4) is 11.5 Å². The van der Waals surface area contributed by atoms with Crippen molar-refractivity contribution in [1.82, 2.24) is 4.57 Å². The highest BCUT2D eigenvalue weighted by molar-refractivity contribution is 7.99. The second-order valence-electron chi connectivity index (χ2n) is 19.1. The monoisotopic (exact) mass is 941 g/mol. The third-order valence-electron chi connectivity index (χ3n) is 14.6. The number of nitrogens with zero attached hydrogens (tertiary/aromatic N) is 2. The van der Waals surface area contributed by atoms with Gasteiger partial charge in [-0.3, -0.25) is 0 Å². The van der Waals surface area contributed by atoms with E-state index in [-0.39, 0.29) is 0 Å². The minimum absolute atomic E-state index is 0.734. The summed E-state index contributed by atoms with van der Waals surface area (Å²) in [5.74, 6) is 1.97. The van der Waals surface area contributed by atoms with Crippen LogP contribution < -0.4 is 30.7 Å². The Labute approximate surface area is 416 Å². The van der Waals surface area contributed by atoms with Crippen LogP contribution >= 0.6 is 7.26 Å². The van der Waals surface area contributed by atoms with Crippen LogP contribution in [-0.4, -0.2) is 34.6 Å². The van der Waals surface area contributed by atoms with Crippen LogP contribution in [0.4, 0.5) is 5.69 Å². The van der Waals surface area contributed by atoms with Gasteiger partial charge in [-0.25, -0.2) is 0 Å². The van der Waals surface area contributed by atoms with E-state index in [1.807, 2.05) is 0 Å². The summed E-state index contributed by atoms with van der Waals surface area (Å²) in [5, 5.41) is 13.2. The smallest absolute Gasteiger partial charge is 0.214 e. The number of aromatic nitrogens is 1. The Hall–Kier alpha value is -6.48. The van der Waals surface area contributed by atoms with Crippen LogP contribution in [0.1, 0.15) is 97.5 Å². The Morgan fingerprint density at radius 1 is 0.529 bits per heavy atom. The quantitative estimate of drug-likeness (QED) is 0.0408. The van der Waals surface area contributed by atoms with Crippen molar-refractivity contribution in [2.45, 2.75) is 98.4 Å². The summed E-state index contributed by atoms with van der Waals surface area (Å²) in [6.45, 7) is 12.4. The van der Waals surface area contributed by atoms with E-state index >= 15 is 0 Å². The van der Waals surface area contributed by atoms with E-state index in [2.05, 4.69) is 213 Å². The molecule has 1 aliphatic carbocycles. The molecule has 1 aliphatic heterocycles. The topological polar surface area (TPSA) is 26.4 Å². The summed E-state index contributed by atoms with van der Waals surface area (Å²) in [5.41, 5.74) is 7.96. The molecule has 0 fully saturated rings. The zero-order valence-electron chi connectivity index (χ0n) is 41.8. The zero-order valence-corrected chi connectivity index (χ0v) is 42.7. The minimum atomic E-state index is -2.49. The first-order chi connectivity index (χ1) is 34.6. The first-order valence-corrected chi connectivity index (χ1v) is 28.1. The van der Waals surface area contributed by atoms with Gasteiger partial charge in [0.05, 0.1) is 24.2 Å². The molecule has 0 unspecified atom stereocenters. The van der Waals surface area contributed by atoms with Crippen molar-refractivity contribution in [2.75, 3.05) is 19.8 Å². The van der Waals surface area contributed by atoms with Gasteiger partial charge >= 0.3 is 0 Å². The molecule has 4 nitrogen and oxygen atoms in total. The van der Waals surface area contributed by atoms with Gasteiger partial charge in [0.2, 0.25) is 11.4 Å². The van der Waals surface area contributed by atoms with Crippen molar-refractivity contribution in [3.63, 3.8) is 0 Å². The van der Waals surface area contributed by atoms with Crippen LogP contribution in [0.25, 0.3) is 38.5 Å². The summed E-state index contributed by atoms with van der Waals surface area (Å²) in [4.78, 5) is 0. The Bertz CT molecular complexity index is 3210. The summed E-state index contributed by atoms with van der Waals surface area (Å²) >= 11 is 0. The molecule has 70 heavy (non-hydrogen) atoms. The molecule has 0 spiro atoms. The fourth-order valence-electron chi connectivity index (χ4n) is 11.1. The van der Waals surface area contributed by atoms with Gasteiger partial charge in [0.25, 0.3) is 0 Å². The normalized spacial score (nSPS) is 14.8. The SMILES string of the molecule is CCCCOc1ccc2c3c(cccc13)C(C=CC1=C([P+](c3ccccc3)(c3ccccc3)c3ccccc3)C(=CC=c3c4cccc5c(OCCCC)ccc(c54)n3CCCC)CC1)=[N+]2CCCC. The van der Waals surface area contributed by atoms with Crippen LogP contribution in [0.3, 0.4) is 0 Å². The Morgan fingerprint density at radius 2 is 1.10 bits per heavy atom. The first kappa shape index (κ1) is 47.2. The second kappa shape index (κ2) is 21.7. The average molecular weight is 941 g/mol. The maximum absolute atomic E-state index is 6.45. The Kier molecular flexibility index (Phi) is 14.6. The van der Waals surface area contributed by atoms with Gasteiger partial charge in [-0.15, -0.1) is 0 Å². The highest BCUT2D eigenvalue weighted by Gasteiger charge is 2.53. The number of benzene rings is 7. The van der Waals surface area contributed by atoms with E-state index in [1.165, 1.54) is 87.1 Å². The lowest BCUT2D eigenvalue weighted by molar-refractivity contribution is -0.436. The molecular weight excluding hydrogens is 872 g/mol. The lowest BCUT2D eigenvalue weighted by atomic mass is 10.0. The van der Waals surface area contributed by atoms with E-state index in [1.54, 1.807) is 0 Å². The Balaban J connectivity index is 1.22. The van der Waals surface area contributed by atoms with Crippen molar-refractivity contribution in [3.05, 3.63) is 197 Å². The van der Waals surface area contributed by atoms with Gasteiger partial charge in [0.15, 0.2) is 0 Å². The molecule has 1 aromatic heterocycles. The molecule has 0 bridgehead atoms. The van der Waals surface area contributed by atoms with Gasteiger partial charge in [0.1, 0.15) is 46.5 Å². The van der Waals surface area contributed by atoms with Crippen LogP contribution in [-0.2, 0) is 6.54 Å². The molecule has 0 saturated carbocycles. The highest BCUT2D eigenvalue weighted by atomic mass is 31.2. The zero-order chi connectivity index (χ0) is 47.9. The lowest BCUT2D eigenvalue weighted by Crippen LogP contribution is -2.32. The molecule has 8 aromatic rings. The van der Waals surface area contributed by atoms with Gasteiger partial charge in [-0.05, 0) is 116 Å². The second-order valence-corrected chi connectivity index (χ2v) is 22.4. The fourth-order valence-corrected chi connectivity index (χ4v) is 15.9. The predicted octanol–water partition coefficient (Wildman–Crippen LogP) is 15.1. The number of unbranched alkanes of at least 4 members (excludes halogenated alkanes) is 4. The average Bonchev–Trinajstić information content (AvgIpc) is 4.06. The molecule has 2 heterocycles. The van der Waals surface area contributed by atoms with Gasteiger partial charge < -0.3 is 14.0 Å². The van der Waals surface area contributed by atoms with Crippen LogP contribution in [0.2, 0.25) is 0 Å². The standard InChI is InChI=1S/C65H69N2O2P/c1-5-9-44-66-57(53-30-22-32-55-61(68-46-11-7-3)42-40-59(66)63(53)55)38-36-48-34-35-49(65(48)70(50-24-16-13-17-25-50,51-26-18-14-19-27-51)52-28-20-15-21-29-52)37-39-58-54-31-23-33-56-62(69-47-12-8-4)43-41-60(64(54)56)67(58)45-10-6-2/h13-33,36-43H,5-12,34-35,44-47H2,1-4H3/q+2. The number of hydrogen-bond donors (Lipinski definition) is 0. The van der Waals surface area contributed by atoms with E-state index < -0.39 is 7.26 Å². The first-order valence-electron chi connectivity index (χ1n) is 26.3. The summed E-state index contributed by atoms with van der Waals surface area (Å²) in [7, 11) is -2.49. The largest absolute Gasteiger partial charge is 0.493 e. The van der Waals surface area contributed by atoms with Crippen molar-refractivity contribution >= 4 is 73.1 Å². The van der Waals surface area contributed by atoms with Crippen LogP contribution in [0.15, 0.2) is 186 Å². The number of rotatable bonds is 21. The van der Waals surface area contributed by atoms with Crippen molar-refractivity contribution < 1.29 is 14.0 Å². The molecular formula is C65H69N2O2P+2. The molecule has 354 valence electrons. The fraction of sp³-hybridized carbons (Fsp3) is 0.277. The molecule has 0 amide bonds. The molecule has 0 N–H and O–H groups in total. The van der Waals surface area contributed by atoms with E-state index in [0.29, 0.717) is 0 Å². The third-order valence-corrected chi connectivity index (χ3v) is 19.0. The predicted molar refractivity (Wildman–Crippen MR) is 301 cm³/mol. The highest BCUT2D eigenvalue weighted by Crippen LogP contribution is 2.68. The summed E-state index contributed by atoms with van der Waals surface area (Å²) in [6.07, 6.45) is 20.7. The Morgan fingerprint density at radius 3 is 1.71 bits per heavy atom. The van der Waals surface area contributed by atoms with Crippen LogP contribution in [0.5, 0.6) is 11.5 Å². The van der Waals surface area contributed by atoms with E-state index in [9.17, 15) is 0 Å². The molecule has 0 radical (unpaired) electrons. The number of aryl methyl sites for hydroxylation is 1. The van der Waals surface area contributed by atoms with Gasteiger partial charge in [-0.1, -0.05) is 144 Å². The molecule has 2 aliphatic rings. The van der Waals surface area contributed by atoms with Crippen molar-refractivity contribution in [2.24, 2.45) is 0 Å². The molecule has 10 rings (SSSR count). The van der Waals surface area contributed by atoms with Crippen molar-refractivity contribution in [1.29, 1.82) is 0 Å². The molecule has 0 saturated heterocycles. The number of hydrogen-bond acceptors (Lipinski definition) is 2. The molecule has 0 atom stereocenters. The lowest BCUT2D eigenvalue weighted by Gasteiger charge is -2.30. The van der Waals surface area contributed by atoms with Gasteiger partial charge in [-0.2, -0.15) is 4.58 Å². The maximum Gasteiger partial charge on any atom is 0.214 e. The number of ether oxygens (including phenoxy) is 2. The minimum Gasteiger partial charge on any atom is -0.493 e. The maximum atomic E-state index is 6.45. The van der Waals surface area contributed by atoms with E-state index in [4.69, 9.17) is 9.47 Å². The van der Waals surface area contributed by atoms with E-state index in [0.717, 1.165) is 102 Å². The summed E-state index contributed by atoms with van der Waals surface area (Å²) in [6, 6.07) is 57.0.